The molecule has 8 heteroatoms. The zero-order valence-corrected chi connectivity index (χ0v) is 11.4. The van der Waals surface area contributed by atoms with E-state index in [1.54, 1.807) is 24.5 Å². The molecule has 0 fully saturated rings. The molecule has 108 valence electrons. The van der Waals surface area contributed by atoms with Gasteiger partial charge in [-0.3, -0.25) is 14.0 Å². The van der Waals surface area contributed by atoms with Crippen LogP contribution in [0.5, 0.6) is 0 Å². The van der Waals surface area contributed by atoms with Gasteiger partial charge in [-0.05, 0) is 18.6 Å². The summed E-state index contributed by atoms with van der Waals surface area (Å²) in [4.78, 5) is 15.7. The molecule has 1 aromatic heterocycles. The zero-order chi connectivity index (χ0) is 14.6. The van der Waals surface area contributed by atoms with Crippen molar-refractivity contribution < 1.29 is 17.4 Å². The fourth-order valence-corrected chi connectivity index (χ4v) is 2.31. The molecule has 0 saturated heterocycles. The summed E-state index contributed by atoms with van der Waals surface area (Å²) < 4.78 is 25.9. The third-order valence-corrected chi connectivity index (χ3v) is 3.34. The van der Waals surface area contributed by atoms with Gasteiger partial charge in [0.15, 0.2) is 0 Å². The smallest absolute Gasteiger partial charge is 0.333 e. The van der Waals surface area contributed by atoms with Crippen LogP contribution in [0.3, 0.4) is 0 Å². The molecular formula is C12H15N3O4S. The Morgan fingerprint density at radius 3 is 2.75 bits per heavy atom. The topological polar surface area (TPSA) is 111 Å². The van der Waals surface area contributed by atoms with E-state index in [9.17, 15) is 13.2 Å². The first-order valence-corrected chi connectivity index (χ1v) is 7.47. The van der Waals surface area contributed by atoms with Crippen molar-refractivity contribution in [3.05, 3.63) is 42.2 Å². The van der Waals surface area contributed by atoms with E-state index in [1.165, 1.54) is 0 Å². The lowest BCUT2D eigenvalue weighted by Crippen LogP contribution is -2.33. The predicted molar refractivity (Wildman–Crippen MR) is 71.8 cm³/mol. The van der Waals surface area contributed by atoms with E-state index in [2.05, 4.69) is 14.5 Å². The molecule has 0 aromatic carbocycles. The van der Waals surface area contributed by atoms with Gasteiger partial charge in [-0.1, -0.05) is 12.2 Å². The van der Waals surface area contributed by atoms with Gasteiger partial charge in [-0.15, -0.1) is 0 Å². The maximum atomic E-state index is 11.9. The summed E-state index contributed by atoms with van der Waals surface area (Å²) in [6.45, 7) is -0.0169. The minimum atomic E-state index is -3.92. The number of nitrogens with two attached hydrogens (primary N) is 1. The third-order valence-electron chi connectivity index (χ3n) is 2.88. The van der Waals surface area contributed by atoms with E-state index in [-0.39, 0.29) is 24.5 Å². The molecular weight excluding hydrogens is 282 g/mol. The fourth-order valence-electron chi connectivity index (χ4n) is 1.94. The second-order valence-corrected chi connectivity index (χ2v) is 5.70. The van der Waals surface area contributed by atoms with Gasteiger partial charge in [-0.2, -0.15) is 8.42 Å². The monoisotopic (exact) mass is 297 g/mol. The van der Waals surface area contributed by atoms with Crippen molar-refractivity contribution in [1.82, 2.24) is 10.3 Å². The number of nitrogens with one attached hydrogen (secondary N) is 1. The van der Waals surface area contributed by atoms with Crippen LogP contribution < -0.4 is 10.5 Å². The van der Waals surface area contributed by atoms with E-state index >= 15 is 0 Å². The van der Waals surface area contributed by atoms with Crippen LogP contribution in [-0.4, -0.2) is 32.0 Å². The van der Waals surface area contributed by atoms with E-state index in [4.69, 9.17) is 5.14 Å². The molecule has 0 bridgehead atoms. The van der Waals surface area contributed by atoms with Gasteiger partial charge in [0.05, 0.1) is 6.61 Å². The molecule has 3 N–H and O–H groups in total. The number of amides is 1. The lowest BCUT2D eigenvalue weighted by molar-refractivity contribution is 0.0941. The summed E-state index contributed by atoms with van der Waals surface area (Å²) in [5, 5.41) is 7.59. The number of rotatable bonds is 5. The molecule has 0 saturated carbocycles. The molecule has 1 amide bonds. The first kappa shape index (κ1) is 14.6. The Hall–Kier alpha value is -1.77. The molecule has 0 aliphatic heterocycles. The third kappa shape index (κ3) is 4.41. The molecule has 0 radical (unpaired) electrons. The molecule has 1 aromatic rings. The molecule has 2 atom stereocenters. The average Bonchev–Trinajstić information content (AvgIpc) is 2.84. The van der Waals surface area contributed by atoms with Crippen LogP contribution in [0.15, 0.2) is 36.7 Å². The van der Waals surface area contributed by atoms with Crippen LogP contribution in [0, 0.1) is 5.92 Å². The molecule has 7 nitrogen and oxygen atoms in total. The quantitative estimate of drug-likeness (QED) is 0.742. The van der Waals surface area contributed by atoms with Crippen molar-refractivity contribution in [3.8, 4) is 0 Å². The van der Waals surface area contributed by atoms with Gasteiger partial charge in [0.25, 0.3) is 5.91 Å². The summed E-state index contributed by atoms with van der Waals surface area (Å²) in [5.41, 5.74) is 0.526. The minimum absolute atomic E-state index is 0.0169. The second-order valence-electron chi connectivity index (χ2n) is 4.47. The van der Waals surface area contributed by atoms with Crippen LogP contribution in [0.25, 0.3) is 0 Å². The van der Waals surface area contributed by atoms with Crippen molar-refractivity contribution >= 4 is 16.2 Å². The van der Waals surface area contributed by atoms with E-state index in [1.807, 2.05) is 12.2 Å². The molecule has 0 spiro atoms. The highest BCUT2D eigenvalue weighted by Crippen LogP contribution is 2.19. The van der Waals surface area contributed by atoms with Crippen LogP contribution in [0.4, 0.5) is 0 Å². The molecule has 2 rings (SSSR count). The number of pyridine rings is 1. The van der Waals surface area contributed by atoms with Crippen LogP contribution >= 0.6 is 0 Å². The second kappa shape index (κ2) is 6.12. The number of hydrogen-bond acceptors (Lipinski definition) is 5. The summed E-state index contributed by atoms with van der Waals surface area (Å²) in [6, 6.07) is 3.09. The van der Waals surface area contributed by atoms with Gasteiger partial charge in [0.2, 0.25) is 0 Å². The summed E-state index contributed by atoms with van der Waals surface area (Å²) >= 11 is 0. The standard InChI is InChI=1S/C12H15N3O4S/c13-20(17,18)19-8-9-1-2-11(7-9)15-12(16)10-3-5-14-6-4-10/h1-6,9,11H,7-8H2,(H,15,16)(H2,13,17,18)/t9-,11-/m1/s1. The molecule has 1 aliphatic carbocycles. The van der Waals surface area contributed by atoms with Gasteiger partial charge in [0.1, 0.15) is 0 Å². The average molecular weight is 297 g/mol. The fraction of sp³-hybridized carbons (Fsp3) is 0.333. The van der Waals surface area contributed by atoms with E-state index in [0.29, 0.717) is 12.0 Å². The number of aromatic nitrogens is 1. The number of carbonyl (C=O) groups excluding carboxylic acids is 1. The highest BCUT2D eigenvalue weighted by Gasteiger charge is 2.22. The van der Waals surface area contributed by atoms with Crippen molar-refractivity contribution in [1.29, 1.82) is 0 Å². The Labute approximate surface area is 117 Å². The van der Waals surface area contributed by atoms with Crippen LogP contribution in [0.2, 0.25) is 0 Å². The Bertz CT molecular complexity index is 600. The SMILES string of the molecule is NS(=O)(=O)OC[C@@H]1C=C[C@@H](NC(=O)c2ccncc2)C1. The van der Waals surface area contributed by atoms with Crippen LogP contribution in [-0.2, 0) is 14.5 Å². The summed E-state index contributed by atoms with van der Waals surface area (Å²) in [7, 11) is -3.92. The van der Waals surface area contributed by atoms with Crippen LogP contribution in [0.1, 0.15) is 16.8 Å². The minimum Gasteiger partial charge on any atom is -0.346 e. The maximum Gasteiger partial charge on any atom is 0.333 e. The first-order chi connectivity index (χ1) is 9.44. The number of carbonyl (C=O) groups is 1. The lowest BCUT2D eigenvalue weighted by atomic mass is 10.1. The Balaban J connectivity index is 1.82. The summed E-state index contributed by atoms with van der Waals surface area (Å²) in [6.07, 6.45) is 7.29. The van der Waals surface area contributed by atoms with Gasteiger partial charge in [-0.25, -0.2) is 5.14 Å². The van der Waals surface area contributed by atoms with Gasteiger partial charge >= 0.3 is 10.3 Å². The predicted octanol–water partition coefficient (Wildman–Crippen LogP) is -0.0238. The largest absolute Gasteiger partial charge is 0.346 e. The van der Waals surface area contributed by atoms with E-state index in [0.717, 1.165) is 0 Å². The van der Waals surface area contributed by atoms with E-state index < -0.39 is 10.3 Å². The molecule has 1 heterocycles. The molecule has 0 unspecified atom stereocenters. The van der Waals surface area contributed by atoms with Gasteiger partial charge < -0.3 is 5.32 Å². The van der Waals surface area contributed by atoms with Gasteiger partial charge in [0, 0.05) is 29.9 Å². The normalized spacial score (nSPS) is 21.9. The number of nitrogens with zero attached hydrogens (tertiary/aromatic N) is 1. The van der Waals surface area contributed by atoms with Crippen molar-refractivity contribution in [3.63, 3.8) is 0 Å². The molecule has 1 aliphatic rings. The van der Waals surface area contributed by atoms with Crippen molar-refractivity contribution in [2.75, 3.05) is 6.61 Å². The highest BCUT2D eigenvalue weighted by atomic mass is 32.2. The highest BCUT2D eigenvalue weighted by molar-refractivity contribution is 7.84. The maximum absolute atomic E-state index is 11.9. The summed E-state index contributed by atoms with van der Waals surface area (Å²) in [5.74, 6) is -0.286. The number of hydrogen-bond donors (Lipinski definition) is 2. The molecule has 20 heavy (non-hydrogen) atoms. The Morgan fingerprint density at radius 2 is 2.10 bits per heavy atom. The Morgan fingerprint density at radius 1 is 1.40 bits per heavy atom. The lowest BCUT2D eigenvalue weighted by Gasteiger charge is -2.13. The zero-order valence-electron chi connectivity index (χ0n) is 10.6. The van der Waals surface area contributed by atoms with Crippen molar-refractivity contribution in [2.24, 2.45) is 11.1 Å². The van der Waals surface area contributed by atoms with Crippen molar-refractivity contribution in [2.45, 2.75) is 12.5 Å². The first-order valence-electron chi connectivity index (χ1n) is 6.00. The Kier molecular flexibility index (Phi) is 4.48.